The van der Waals surface area contributed by atoms with Crippen molar-refractivity contribution in [1.29, 1.82) is 0 Å². The van der Waals surface area contributed by atoms with Gasteiger partial charge < -0.3 is 14.4 Å². The summed E-state index contributed by atoms with van der Waals surface area (Å²) in [6.45, 7) is 4.93. The van der Waals surface area contributed by atoms with Crippen molar-refractivity contribution in [3.8, 4) is 0 Å². The predicted molar refractivity (Wildman–Crippen MR) is 100 cm³/mol. The van der Waals surface area contributed by atoms with Gasteiger partial charge in [0.2, 0.25) is 0 Å². The summed E-state index contributed by atoms with van der Waals surface area (Å²) in [6, 6.07) is 6.52. The fourth-order valence-electron chi connectivity index (χ4n) is 4.75. The predicted octanol–water partition coefficient (Wildman–Crippen LogP) is 4.23. The van der Waals surface area contributed by atoms with Crippen molar-refractivity contribution in [2.45, 2.75) is 70.2 Å². The number of hydrogen-bond donors (Lipinski definition) is 0. The van der Waals surface area contributed by atoms with Crippen LogP contribution >= 0.6 is 0 Å². The molecule has 0 N–H and O–H groups in total. The van der Waals surface area contributed by atoms with E-state index in [1.807, 2.05) is 0 Å². The second-order valence-electron chi connectivity index (χ2n) is 8.40. The van der Waals surface area contributed by atoms with Gasteiger partial charge in [-0.3, -0.25) is 4.90 Å². The third-order valence-corrected chi connectivity index (χ3v) is 6.59. The van der Waals surface area contributed by atoms with Crippen LogP contribution in [0.2, 0.25) is 0 Å². The number of likely N-dealkylation sites (tertiary alicyclic amines) is 2. The first-order chi connectivity index (χ1) is 13.8. The molecule has 3 heterocycles. The summed E-state index contributed by atoms with van der Waals surface area (Å²) in [5, 5.41) is 0. The number of ether oxygens (including phenoxy) is 2. The van der Waals surface area contributed by atoms with Gasteiger partial charge in [-0.1, -0.05) is 18.2 Å². The van der Waals surface area contributed by atoms with Crippen LogP contribution in [0, 0.1) is 0 Å². The number of hydrogen-bond acceptors (Lipinski definition) is 4. The SMILES string of the molecule is CC(OC(=O)N1CCC2(CCCN2Cc2ccc3c(c2)COC3)CC1)C(F)(F)F. The standard InChI is InChI=1S/C21H27F3N2O3/c1-15(21(22,23)24)29-19(27)25-9-6-20(7-10-25)5-2-8-26(20)12-16-3-4-17-13-28-14-18(17)11-16/h3-4,11,15H,2,5-10,12-14H2,1H3. The molecule has 8 heteroatoms. The largest absolute Gasteiger partial charge is 0.437 e. The molecule has 160 valence electrons. The lowest BCUT2D eigenvalue weighted by Crippen LogP contribution is -2.53. The molecule has 1 aromatic carbocycles. The van der Waals surface area contributed by atoms with Crippen molar-refractivity contribution in [3.05, 3.63) is 34.9 Å². The van der Waals surface area contributed by atoms with Crippen LogP contribution in [0.15, 0.2) is 18.2 Å². The number of rotatable bonds is 3. The highest BCUT2D eigenvalue weighted by molar-refractivity contribution is 5.68. The average Bonchev–Trinajstić information content (AvgIpc) is 3.29. The molecule has 3 aliphatic heterocycles. The van der Waals surface area contributed by atoms with Crippen molar-refractivity contribution in [2.24, 2.45) is 0 Å². The van der Waals surface area contributed by atoms with Crippen molar-refractivity contribution < 1.29 is 27.4 Å². The molecule has 0 bridgehead atoms. The van der Waals surface area contributed by atoms with Crippen molar-refractivity contribution >= 4 is 6.09 Å². The Balaban J connectivity index is 1.36. The summed E-state index contributed by atoms with van der Waals surface area (Å²) in [5.41, 5.74) is 3.79. The molecule has 1 aromatic rings. The number of halogens is 3. The fraction of sp³-hybridized carbons (Fsp3) is 0.667. The summed E-state index contributed by atoms with van der Waals surface area (Å²) >= 11 is 0. The smallest absolute Gasteiger partial charge is 0.425 e. The van der Waals surface area contributed by atoms with E-state index in [1.54, 1.807) is 0 Å². The number of carbonyl (C=O) groups is 1. The van der Waals surface area contributed by atoms with Crippen molar-refractivity contribution in [3.63, 3.8) is 0 Å². The second kappa shape index (κ2) is 7.80. The summed E-state index contributed by atoms with van der Waals surface area (Å²) in [5.74, 6) is 0. The Hall–Kier alpha value is -1.80. The molecule has 0 radical (unpaired) electrons. The second-order valence-corrected chi connectivity index (χ2v) is 8.40. The van der Waals surface area contributed by atoms with Gasteiger partial charge in [-0.05, 0) is 55.8 Å². The number of amides is 1. The summed E-state index contributed by atoms with van der Waals surface area (Å²) in [7, 11) is 0. The minimum absolute atomic E-state index is 0.0158. The maximum absolute atomic E-state index is 12.6. The molecule has 1 amide bonds. The summed E-state index contributed by atoms with van der Waals surface area (Å²) < 4.78 is 48.1. The molecule has 3 aliphatic rings. The van der Waals surface area contributed by atoms with Gasteiger partial charge in [-0.25, -0.2) is 4.79 Å². The molecule has 1 spiro atoms. The molecular weight excluding hydrogens is 385 g/mol. The van der Waals surface area contributed by atoms with Crippen LogP contribution in [-0.2, 0) is 29.2 Å². The third kappa shape index (κ3) is 4.23. The fourth-order valence-corrected chi connectivity index (χ4v) is 4.75. The number of carbonyl (C=O) groups excluding carboxylic acids is 1. The number of benzene rings is 1. The zero-order valence-electron chi connectivity index (χ0n) is 16.6. The first kappa shape index (κ1) is 20.5. The van der Waals surface area contributed by atoms with Gasteiger partial charge in [0.25, 0.3) is 0 Å². The van der Waals surface area contributed by atoms with Gasteiger partial charge in [0.15, 0.2) is 6.10 Å². The third-order valence-electron chi connectivity index (χ3n) is 6.59. The molecule has 5 nitrogen and oxygen atoms in total. The van der Waals surface area contributed by atoms with E-state index in [2.05, 4.69) is 27.8 Å². The zero-order chi connectivity index (χ0) is 20.6. The molecule has 29 heavy (non-hydrogen) atoms. The molecule has 2 saturated heterocycles. The molecule has 4 rings (SSSR count). The maximum Gasteiger partial charge on any atom is 0.425 e. The molecule has 1 atom stereocenters. The molecule has 0 aromatic heterocycles. The van der Waals surface area contributed by atoms with Crippen LogP contribution in [0.4, 0.5) is 18.0 Å². The lowest BCUT2D eigenvalue weighted by Gasteiger charge is -2.45. The van der Waals surface area contributed by atoms with E-state index in [0.717, 1.165) is 45.7 Å². The maximum atomic E-state index is 12.6. The number of alkyl halides is 3. The van der Waals surface area contributed by atoms with Crippen LogP contribution in [0.3, 0.4) is 0 Å². The molecular formula is C21H27F3N2O3. The van der Waals surface area contributed by atoms with Gasteiger partial charge in [-0.15, -0.1) is 0 Å². The van der Waals surface area contributed by atoms with Crippen LogP contribution < -0.4 is 0 Å². The quantitative estimate of drug-likeness (QED) is 0.745. The minimum atomic E-state index is -4.53. The van der Waals surface area contributed by atoms with E-state index < -0.39 is 18.4 Å². The van der Waals surface area contributed by atoms with E-state index in [-0.39, 0.29) is 5.54 Å². The van der Waals surface area contributed by atoms with E-state index in [0.29, 0.717) is 26.3 Å². The minimum Gasteiger partial charge on any atom is -0.437 e. The van der Waals surface area contributed by atoms with Gasteiger partial charge in [0.1, 0.15) is 0 Å². The number of fused-ring (bicyclic) bond motifs is 1. The van der Waals surface area contributed by atoms with Crippen LogP contribution in [0.5, 0.6) is 0 Å². The van der Waals surface area contributed by atoms with Crippen LogP contribution in [0.25, 0.3) is 0 Å². The average molecular weight is 412 g/mol. The lowest BCUT2D eigenvalue weighted by atomic mass is 9.85. The first-order valence-electron chi connectivity index (χ1n) is 10.2. The van der Waals surface area contributed by atoms with Crippen LogP contribution in [-0.4, -0.2) is 53.3 Å². The molecule has 2 fully saturated rings. The Morgan fingerprint density at radius 2 is 1.90 bits per heavy atom. The van der Waals surface area contributed by atoms with Gasteiger partial charge in [0, 0.05) is 25.2 Å². The first-order valence-corrected chi connectivity index (χ1v) is 10.2. The van der Waals surface area contributed by atoms with Gasteiger partial charge in [0.05, 0.1) is 13.2 Å². The number of nitrogens with zero attached hydrogens (tertiary/aromatic N) is 2. The van der Waals surface area contributed by atoms with Crippen molar-refractivity contribution in [2.75, 3.05) is 19.6 Å². The Bertz CT molecular complexity index is 760. The van der Waals surface area contributed by atoms with Crippen molar-refractivity contribution in [1.82, 2.24) is 9.80 Å². The van der Waals surface area contributed by atoms with E-state index in [9.17, 15) is 18.0 Å². The van der Waals surface area contributed by atoms with E-state index in [4.69, 9.17) is 4.74 Å². The van der Waals surface area contributed by atoms with Gasteiger partial charge >= 0.3 is 12.3 Å². The Kier molecular flexibility index (Phi) is 5.50. The molecule has 1 unspecified atom stereocenters. The molecule has 0 saturated carbocycles. The number of piperidine rings is 1. The monoisotopic (exact) mass is 412 g/mol. The Morgan fingerprint density at radius 3 is 2.62 bits per heavy atom. The zero-order valence-corrected chi connectivity index (χ0v) is 16.6. The van der Waals surface area contributed by atoms with Gasteiger partial charge in [-0.2, -0.15) is 13.2 Å². The normalized spacial score (nSPS) is 22.7. The Labute approximate surface area is 168 Å². The van der Waals surface area contributed by atoms with Crippen LogP contribution in [0.1, 0.15) is 49.3 Å². The summed E-state index contributed by atoms with van der Waals surface area (Å²) in [6.07, 6.45) is -3.81. The van der Waals surface area contributed by atoms with E-state index in [1.165, 1.54) is 21.6 Å². The lowest BCUT2D eigenvalue weighted by molar-refractivity contribution is -0.200. The highest BCUT2D eigenvalue weighted by atomic mass is 19.4. The molecule has 0 aliphatic carbocycles. The topological polar surface area (TPSA) is 42.0 Å². The van der Waals surface area contributed by atoms with E-state index >= 15 is 0 Å². The Morgan fingerprint density at radius 1 is 1.17 bits per heavy atom. The highest BCUT2D eigenvalue weighted by Crippen LogP contribution is 2.40. The highest BCUT2D eigenvalue weighted by Gasteiger charge is 2.45. The summed E-state index contributed by atoms with van der Waals surface area (Å²) in [4.78, 5) is 16.0.